The maximum atomic E-state index is 12.0. The Balaban J connectivity index is 2.43. The molecule has 0 heterocycles. The Bertz CT molecular complexity index is 903. The van der Waals surface area contributed by atoms with Crippen molar-refractivity contribution in [3.8, 4) is 0 Å². The first-order valence-corrected chi connectivity index (χ1v) is 8.05. The summed E-state index contributed by atoms with van der Waals surface area (Å²) in [6, 6.07) is 14.2. The van der Waals surface area contributed by atoms with E-state index in [0.29, 0.717) is 5.56 Å². The van der Waals surface area contributed by atoms with E-state index in [2.05, 4.69) is 34.9 Å². The van der Waals surface area contributed by atoms with Crippen LogP contribution >= 0.6 is 0 Å². The third-order valence-corrected chi connectivity index (χ3v) is 4.38. The Morgan fingerprint density at radius 1 is 0.875 bits per heavy atom. The second-order valence-corrected chi connectivity index (χ2v) is 5.82. The number of fused-ring (bicyclic) bond motifs is 2. The Hall–Kier alpha value is -2.43. The van der Waals surface area contributed by atoms with Gasteiger partial charge in [-0.1, -0.05) is 30.3 Å². The van der Waals surface area contributed by atoms with Gasteiger partial charge in [0.15, 0.2) is 0 Å². The highest BCUT2D eigenvalue weighted by molar-refractivity contribution is 6.07. The highest BCUT2D eigenvalue weighted by Crippen LogP contribution is 2.33. The summed E-state index contributed by atoms with van der Waals surface area (Å²) in [7, 11) is 5.30. The maximum absolute atomic E-state index is 12.0. The molecule has 0 saturated heterocycles. The van der Waals surface area contributed by atoms with Crippen molar-refractivity contribution < 1.29 is 9.53 Å². The predicted molar refractivity (Wildman–Crippen MR) is 98.3 cm³/mol. The molecule has 0 saturated carbocycles. The SMILES string of the molecule is CNCc1c2ccccc2c(CNC)c2cc(C(=O)OC)ccc12. The smallest absolute Gasteiger partial charge is 0.337 e. The summed E-state index contributed by atoms with van der Waals surface area (Å²) >= 11 is 0. The lowest BCUT2D eigenvalue weighted by molar-refractivity contribution is 0.0601. The van der Waals surface area contributed by atoms with Crippen LogP contribution in [0.5, 0.6) is 0 Å². The van der Waals surface area contributed by atoms with E-state index in [4.69, 9.17) is 4.74 Å². The first-order chi connectivity index (χ1) is 11.7. The van der Waals surface area contributed by atoms with E-state index < -0.39 is 0 Å². The second-order valence-electron chi connectivity index (χ2n) is 5.82. The summed E-state index contributed by atoms with van der Waals surface area (Å²) in [4.78, 5) is 12.0. The van der Waals surface area contributed by atoms with Crippen LogP contribution < -0.4 is 10.6 Å². The number of hydrogen-bond acceptors (Lipinski definition) is 4. The highest BCUT2D eigenvalue weighted by Gasteiger charge is 2.15. The molecular weight excluding hydrogens is 300 g/mol. The molecule has 0 spiro atoms. The Labute approximate surface area is 141 Å². The fourth-order valence-corrected chi connectivity index (χ4v) is 3.34. The molecule has 3 aromatic carbocycles. The predicted octanol–water partition coefficient (Wildman–Crippen LogP) is 3.22. The summed E-state index contributed by atoms with van der Waals surface area (Å²) < 4.78 is 4.88. The van der Waals surface area contributed by atoms with Gasteiger partial charge in [0, 0.05) is 13.1 Å². The quantitative estimate of drug-likeness (QED) is 0.559. The van der Waals surface area contributed by atoms with Crippen LogP contribution in [0.4, 0.5) is 0 Å². The standard InChI is InChI=1S/C20H22N2O2/c1-21-11-18-14-6-4-5-7-15(14)19(12-22-2)17-10-13(20(23)24-3)8-9-16(17)18/h4-10,21-22H,11-12H2,1-3H3. The van der Waals surface area contributed by atoms with Crippen LogP contribution in [0.3, 0.4) is 0 Å². The maximum Gasteiger partial charge on any atom is 0.337 e. The topological polar surface area (TPSA) is 50.4 Å². The van der Waals surface area contributed by atoms with E-state index in [1.807, 2.05) is 32.3 Å². The van der Waals surface area contributed by atoms with E-state index in [-0.39, 0.29) is 5.97 Å². The van der Waals surface area contributed by atoms with Crippen LogP contribution in [0.2, 0.25) is 0 Å². The van der Waals surface area contributed by atoms with E-state index in [1.165, 1.54) is 34.4 Å². The molecule has 0 amide bonds. The van der Waals surface area contributed by atoms with Gasteiger partial charge >= 0.3 is 5.97 Å². The van der Waals surface area contributed by atoms with Gasteiger partial charge < -0.3 is 15.4 Å². The zero-order valence-corrected chi connectivity index (χ0v) is 14.3. The van der Waals surface area contributed by atoms with Gasteiger partial charge in [-0.05, 0) is 58.9 Å². The van der Waals surface area contributed by atoms with Gasteiger partial charge in [0.25, 0.3) is 0 Å². The summed E-state index contributed by atoms with van der Waals surface area (Å²) in [6.07, 6.45) is 0. The number of benzene rings is 3. The van der Waals surface area contributed by atoms with Crippen LogP contribution in [0.25, 0.3) is 21.5 Å². The fourth-order valence-electron chi connectivity index (χ4n) is 3.34. The molecular formula is C20H22N2O2. The van der Waals surface area contributed by atoms with Crippen LogP contribution in [0.1, 0.15) is 21.5 Å². The molecule has 24 heavy (non-hydrogen) atoms. The van der Waals surface area contributed by atoms with E-state index >= 15 is 0 Å². The van der Waals surface area contributed by atoms with Crippen LogP contribution in [0.15, 0.2) is 42.5 Å². The molecule has 0 fully saturated rings. The molecule has 2 N–H and O–H groups in total. The number of carbonyl (C=O) groups excluding carboxylic acids is 1. The van der Waals surface area contributed by atoms with Crippen molar-refractivity contribution >= 4 is 27.5 Å². The van der Waals surface area contributed by atoms with Crippen molar-refractivity contribution in [2.45, 2.75) is 13.1 Å². The summed E-state index contributed by atoms with van der Waals surface area (Å²) in [6.45, 7) is 1.51. The van der Waals surface area contributed by atoms with Gasteiger partial charge in [0.05, 0.1) is 12.7 Å². The molecule has 0 radical (unpaired) electrons. The lowest BCUT2D eigenvalue weighted by Crippen LogP contribution is -2.11. The van der Waals surface area contributed by atoms with Crippen molar-refractivity contribution in [3.05, 3.63) is 59.2 Å². The Morgan fingerprint density at radius 2 is 1.42 bits per heavy atom. The van der Waals surface area contributed by atoms with Gasteiger partial charge in [0.1, 0.15) is 0 Å². The molecule has 0 aromatic heterocycles. The second kappa shape index (κ2) is 6.99. The van der Waals surface area contributed by atoms with E-state index in [1.54, 1.807) is 0 Å². The molecule has 0 aliphatic rings. The molecule has 4 nitrogen and oxygen atoms in total. The number of ether oxygens (including phenoxy) is 1. The molecule has 4 heteroatoms. The fraction of sp³-hybridized carbons (Fsp3) is 0.250. The van der Waals surface area contributed by atoms with Crippen molar-refractivity contribution in [1.82, 2.24) is 10.6 Å². The van der Waals surface area contributed by atoms with Crippen molar-refractivity contribution in [2.75, 3.05) is 21.2 Å². The summed E-state index contributed by atoms with van der Waals surface area (Å²) in [5.41, 5.74) is 3.03. The lowest BCUT2D eigenvalue weighted by atomic mass is 9.90. The van der Waals surface area contributed by atoms with Gasteiger partial charge in [-0.3, -0.25) is 0 Å². The summed E-state index contributed by atoms with van der Waals surface area (Å²) in [5.74, 6) is -0.310. The third-order valence-electron chi connectivity index (χ3n) is 4.38. The first kappa shape index (κ1) is 16.4. The number of rotatable bonds is 5. The number of hydrogen-bond donors (Lipinski definition) is 2. The third kappa shape index (κ3) is 2.75. The molecule has 0 bridgehead atoms. The molecule has 3 aromatic rings. The minimum atomic E-state index is -0.310. The normalized spacial score (nSPS) is 11.1. The molecule has 3 rings (SSSR count). The Morgan fingerprint density at radius 3 is 1.96 bits per heavy atom. The molecule has 0 aliphatic heterocycles. The molecule has 0 atom stereocenters. The summed E-state index contributed by atoms with van der Waals surface area (Å²) in [5, 5.41) is 11.2. The zero-order chi connectivity index (χ0) is 17.1. The average Bonchev–Trinajstić information content (AvgIpc) is 2.63. The lowest BCUT2D eigenvalue weighted by Gasteiger charge is -2.17. The van der Waals surface area contributed by atoms with E-state index in [9.17, 15) is 4.79 Å². The monoisotopic (exact) mass is 322 g/mol. The number of carbonyl (C=O) groups is 1. The van der Waals surface area contributed by atoms with Crippen LogP contribution in [0, 0.1) is 0 Å². The number of nitrogens with one attached hydrogen (secondary N) is 2. The molecule has 124 valence electrons. The number of methoxy groups -OCH3 is 1. The van der Waals surface area contributed by atoms with E-state index in [0.717, 1.165) is 18.5 Å². The molecule has 0 unspecified atom stereocenters. The minimum Gasteiger partial charge on any atom is -0.465 e. The van der Waals surface area contributed by atoms with Gasteiger partial charge in [-0.15, -0.1) is 0 Å². The van der Waals surface area contributed by atoms with Crippen LogP contribution in [-0.4, -0.2) is 27.2 Å². The zero-order valence-electron chi connectivity index (χ0n) is 14.3. The van der Waals surface area contributed by atoms with Crippen molar-refractivity contribution in [3.63, 3.8) is 0 Å². The van der Waals surface area contributed by atoms with Crippen molar-refractivity contribution in [1.29, 1.82) is 0 Å². The van der Waals surface area contributed by atoms with Gasteiger partial charge in [0.2, 0.25) is 0 Å². The first-order valence-electron chi connectivity index (χ1n) is 8.05. The van der Waals surface area contributed by atoms with Gasteiger partial charge in [-0.25, -0.2) is 4.79 Å². The van der Waals surface area contributed by atoms with Crippen molar-refractivity contribution in [2.24, 2.45) is 0 Å². The number of esters is 1. The highest BCUT2D eigenvalue weighted by atomic mass is 16.5. The van der Waals surface area contributed by atoms with Crippen LogP contribution in [-0.2, 0) is 17.8 Å². The molecule has 0 aliphatic carbocycles. The Kier molecular flexibility index (Phi) is 4.79. The minimum absolute atomic E-state index is 0.310. The largest absolute Gasteiger partial charge is 0.465 e. The average molecular weight is 322 g/mol. The van der Waals surface area contributed by atoms with Gasteiger partial charge in [-0.2, -0.15) is 0 Å².